The highest BCUT2D eigenvalue weighted by Crippen LogP contribution is 2.41. The molecule has 8 aromatic carbocycles. The number of nitrogens with zero attached hydrogens (tertiary/aromatic N) is 5. The molecule has 1 aliphatic rings. The molecule has 0 aliphatic carbocycles. The van der Waals surface area contributed by atoms with Crippen molar-refractivity contribution in [1.82, 2.24) is 24.5 Å². The average Bonchev–Trinajstić information content (AvgIpc) is 4.10. The van der Waals surface area contributed by atoms with E-state index < -0.39 is 18.3 Å². The monoisotopic (exact) mass is 949 g/mol. The third-order valence-electron chi connectivity index (χ3n) is 14.4. The number of thiophene rings is 1. The normalized spacial score (nSPS) is 15.1. The van der Waals surface area contributed by atoms with E-state index in [-0.39, 0.29) is 5.92 Å². The molecule has 0 amide bonds. The van der Waals surface area contributed by atoms with Gasteiger partial charge in [-0.1, -0.05) is 134 Å². The van der Waals surface area contributed by atoms with Crippen molar-refractivity contribution in [2.24, 2.45) is 0 Å². The van der Waals surface area contributed by atoms with Crippen LogP contribution in [0.5, 0.6) is 0 Å². The number of imidazole rings is 1. The van der Waals surface area contributed by atoms with Crippen LogP contribution in [0.2, 0.25) is 5.02 Å². The Hall–Kier alpha value is -7.21. The number of halogens is 1. The molecule has 0 spiro atoms. The molecule has 12 aromatic rings. The fourth-order valence-corrected chi connectivity index (χ4v) is 11.4. The molecule has 0 saturated carbocycles. The summed E-state index contributed by atoms with van der Waals surface area (Å²) in [6, 6.07) is 56.6. The van der Waals surface area contributed by atoms with Crippen LogP contribution in [0.25, 0.3) is 104 Å². The Morgan fingerprint density at radius 3 is 1.96 bits per heavy atom. The van der Waals surface area contributed by atoms with Gasteiger partial charge in [-0.15, -0.1) is 11.3 Å². The third kappa shape index (κ3) is 7.11. The summed E-state index contributed by atoms with van der Waals surface area (Å²) < 4.78 is 24.2. The Morgan fingerprint density at radius 1 is 0.557 bits per heavy atom. The quantitative estimate of drug-likeness (QED) is 0.140. The first-order valence-electron chi connectivity index (χ1n) is 23.7. The van der Waals surface area contributed by atoms with E-state index in [4.69, 9.17) is 45.3 Å². The number of hydrogen-bond donors (Lipinski definition) is 0. The highest BCUT2D eigenvalue weighted by molar-refractivity contribution is 7.25. The van der Waals surface area contributed by atoms with Crippen molar-refractivity contribution in [2.75, 3.05) is 0 Å². The molecule has 1 atom stereocenters. The molecule has 11 heteroatoms. The lowest BCUT2D eigenvalue weighted by atomic mass is 9.79. The lowest BCUT2D eigenvalue weighted by Gasteiger charge is -2.32. The van der Waals surface area contributed by atoms with E-state index in [1.165, 1.54) is 20.2 Å². The highest BCUT2D eigenvalue weighted by atomic mass is 35.5. The van der Waals surface area contributed by atoms with Crippen LogP contribution in [-0.4, -0.2) is 42.8 Å². The van der Waals surface area contributed by atoms with Gasteiger partial charge in [0.25, 0.3) is 0 Å². The summed E-state index contributed by atoms with van der Waals surface area (Å²) in [6.07, 6.45) is 0.748. The maximum absolute atomic E-state index is 6.81. The third-order valence-corrected chi connectivity index (χ3v) is 15.9. The zero-order valence-electron chi connectivity index (χ0n) is 39.2. The van der Waals surface area contributed by atoms with Gasteiger partial charge in [-0.05, 0) is 93.7 Å². The van der Waals surface area contributed by atoms with Crippen molar-refractivity contribution < 1.29 is 13.7 Å². The maximum atomic E-state index is 6.81. The summed E-state index contributed by atoms with van der Waals surface area (Å²) in [6.45, 7) is 10.5. The average molecular weight is 950 g/mol. The van der Waals surface area contributed by atoms with Gasteiger partial charge < -0.3 is 13.7 Å². The van der Waals surface area contributed by atoms with E-state index in [1.807, 2.05) is 84.1 Å². The minimum absolute atomic E-state index is 0.0433. The van der Waals surface area contributed by atoms with Crippen molar-refractivity contribution in [3.63, 3.8) is 0 Å². The van der Waals surface area contributed by atoms with Gasteiger partial charge in [0.15, 0.2) is 17.5 Å². The lowest BCUT2D eigenvalue weighted by Crippen LogP contribution is -2.41. The summed E-state index contributed by atoms with van der Waals surface area (Å²) in [7, 11) is -0.464. The highest BCUT2D eigenvalue weighted by Gasteiger charge is 2.51. The Kier molecular flexibility index (Phi) is 9.91. The molecule has 0 bridgehead atoms. The molecule has 70 heavy (non-hydrogen) atoms. The Morgan fingerprint density at radius 2 is 1.19 bits per heavy atom. The fourth-order valence-electron chi connectivity index (χ4n) is 10.00. The second-order valence-corrected chi connectivity index (χ2v) is 21.0. The van der Waals surface area contributed by atoms with Gasteiger partial charge in [-0.3, -0.25) is 4.57 Å². The van der Waals surface area contributed by atoms with Crippen LogP contribution in [-0.2, 0) is 15.7 Å². The Labute approximate surface area is 413 Å². The predicted molar refractivity (Wildman–Crippen MR) is 288 cm³/mol. The molecule has 5 heterocycles. The van der Waals surface area contributed by atoms with E-state index in [0.29, 0.717) is 17.5 Å². The second kappa shape index (κ2) is 16.2. The van der Waals surface area contributed by atoms with Crippen molar-refractivity contribution >= 4 is 99.4 Å². The van der Waals surface area contributed by atoms with Crippen molar-refractivity contribution in [3.05, 3.63) is 180 Å². The van der Waals surface area contributed by atoms with Crippen LogP contribution in [0.1, 0.15) is 51.9 Å². The standard InChI is InChI=1S/C59H45BClN5O3S/c1-34(57-62-47-33-53-45(44-15-9-10-20-52(44)70-53)32-49(47)66(57)48-19-12-16-40-41(48)17-11-18-46(40)61)29-35-21-27-42-43-28-24-38(31-51(43)67-50(42)30-35)56-64-54(36-13-7-6-8-14-36)63-55(65-56)37-22-25-39(26-23-37)60-68-58(2,3)59(4,5)69-60/h6-28,30-34H,29H2,1-5H3. The first kappa shape index (κ1) is 42.9. The lowest BCUT2D eigenvalue weighted by molar-refractivity contribution is 0.00578. The SMILES string of the molecule is CC(Cc1ccc2c(c1)oc1cc(-c3nc(-c4ccccc4)nc(-c4ccc(B5OC(C)(C)C(C)(C)O5)cc4)n3)ccc12)c1nc2cc3sc4ccccc4c3cc2n1-c1cccc2c(Cl)cccc12. The molecule has 1 saturated heterocycles. The predicted octanol–water partition coefficient (Wildman–Crippen LogP) is 14.9. The summed E-state index contributed by atoms with van der Waals surface area (Å²) in [5.74, 6) is 2.75. The first-order chi connectivity index (χ1) is 33.9. The Bertz CT molecular complexity index is 4040. The Balaban J connectivity index is 0.853. The van der Waals surface area contributed by atoms with E-state index in [0.717, 1.165) is 94.4 Å². The number of aromatic nitrogens is 5. The van der Waals surface area contributed by atoms with Crippen LogP contribution in [0.4, 0.5) is 0 Å². The smallest absolute Gasteiger partial charge is 0.456 e. The summed E-state index contributed by atoms with van der Waals surface area (Å²) >= 11 is 8.62. The minimum Gasteiger partial charge on any atom is -0.456 e. The summed E-state index contributed by atoms with van der Waals surface area (Å²) in [5, 5.41) is 7.40. The van der Waals surface area contributed by atoms with Crippen LogP contribution in [0.15, 0.2) is 168 Å². The molecule has 1 aliphatic heterocycles. The van der Waals surface area contributed by atoms with Gasteiger partial charge in [-0.25, -0.2) is 19.9 Å². The molecule has 1 fully saturated rings. The van der Waals surface area contributed by atoms with E-state index in [2.05, 4.69) is 130 Å². The largest absolute Gasteiger partial charge is 0.494 e. The number of hydrogen-bond acceptors (Lipinski definition) is 8. The summed E-state index contributed by atoms with van der Waals surface area (Å²) in [5.41, 5.74) is 8.51. The molecule has 13 rings (SSSR count). The molecular weight excluding hydrogens is 905 g/mol. The maximum Gasteiger partial charge on any atom is 0.494 e. The van der Waals surface area contributed by atoms with Gasteiger partial charge in [0.2, 0.25) is 0 Å². The molecule has 1 unspecified atom stereocenters. The number of fused-ring (bicyclic) bond motifs is 8. The van der Waals surface area contributed by atoms with Crippen LogP contribution in [0.3, 0.4) is 0 Å². The fraction of sp³-hybridized carbons (Fsp3) is 0.153. The first-order valence-corrected chi connectivity index (χ1v) is 24.9. The molecule has 0 N–H and O–H groups in total. The molecule has 0 radical (unpaired) electrons. The van der Waals surface area contributed by atoms with Gasteiger partial charge in [0, 0.05) is 69.3 Å². The molecule has 340 valence electrons. The van der Waals surface area contributed by atoms with E-state index in [9.17, 15) is 0 Å². The van der Waals surface area contributed by atoms with Gasteiger partial charge in [-0.2, -0.15) is 0 Å². The van der Waals surface area contributed by atoms with Crippen molar-refractivity contribution in [3.8, 4) is 39.9 Å². The van der Waals surface area contributed by atoms with Crippen LogP contribution < -0.4 is 5.46 Å². The van der Waals surface area contributed by atoms with E-state index >= 15 is 0 Å². The van der Waals surface area contributed by atoms with Crippen molar-refractivity contribution in [1.29, 1.82) is 0 Å². The molecule has 4 aromatic heterocycles. The van der Waals surface area contributed by atoms with Crippen LogP contribution in [0, 0.1) is 0 Å². The number of furan rings is 1. The van der Waals surface area contributed by atoms with E-state index in [1.54, 1.807) is 0 Å². The van der Waals surface area contributed by atoms with Crippen molar-refractivity contribution in [2.45, 2.75) is 58.2 Å². The van der Waals surface area contributed by atoms with Gasteiger partial charge in [0.1, 0.15) is 17.0 Å². The number of rotatable bonds is 8. The topological polar surface area (TPSA) is 88.1 Å². The zero-order valence-corrected chi connectivity index (χ0v) is 40.8. The second-order valence-electron chi connectivity index (χ2n) is 19.5. The molecular formula is C59H45BClN5O3S. The summed E-state index contributed by atoms with van der Waals surface area (Å²) in [4.78, 5) is 20.5. The molecule has 8 nitrogen and oxygen atoms in total. The minimum atomic E-state index is -0.464. The van der Waals surface area contributed by atoms with Gasteiger partial charge in [0.05, 0.1) is 27.9 Å². The zero-order chi connectivity index (χ0) is 47.5. The number of benzene rings is 8. The van der Waals surface area contributed by atoms with Gasteiger partial charge >= 0.3 is 7.12 Å². The van der Waals surface area contributed by atoms with Crippen LogP contribution >= 0.6 is 22.9 Å².